The normalized spacial score (nSPS) is 13.7. The first-order valence-corrected chi connectivity index (χ1v) is 7.20. The van der Waals surface area contributed by atoms with E-state index in [-0.39, 0.29) is 0 Å². The van der Waals surface area contributed by atoms with Gasteiger partial charge in [-0.25, -0.2) is 0 Å². The number of hydrogen-bond acceptors (Lipinski definition) is 1. The van der Waals surface area contributed by atoms with Gasteiger partial charge in [0.2, 0.25) is 0 Å². The number of benzene rings is 1. The van der Waals surface area contributed by atoms with Crippen molar-refractivity contribution in [1.82, 2.24) is 5.32 Å². The highest BCUT2D eigenvalue weighted by molar-refractivity contribution is 9.10. The second-order valence-electron chi connectivity index (χ2n) is 5.64. The Morgan fingerprint density at radius 1 is 1.18 bits per heavy atom. The Balaban J connectivity index is 2.54. The van der Waals surface area contributed by atoms with Crippen LogP contribution in [-0.4, -0.2) is 12.6 Å². The van der Waals surface area contributed by atoms with E-state index in [1.165, 1.54) is 12.0 Å². The Bertz CT molecular complexity index is 324. The van der Waals surface area contributed by atoms with Gasteiger partial charge in [0.25, 0.3) is 0 Å². The lowest BCUT2D eigenvalue weighted by Crippen LogP contribution is -2.40. The Kier molecular flexibility index (Phi) is 5.68. The third-order valence-corrected chi connectivity index (χ3v) is 3.66. The van der Waals surface area contributed by atoms with Gasteiger partial charge >= 0.3 is 0 Å². The minimum atomic E-state index is 0.325. The molecule has 1 nitrogen and oxygen atoms in total. The lowest BCUT2D eigenvalue weighted by molar-refractivity contribution is 0.258. The molecule has 0 radical (unpaired) electrons. The zero-order valence-corrected chi connectivity index (χ0v) is 13.0. The molecule has 0 fully saturated rings. The van der Waals surface area contributed by atoms with E-state index in [1.54, 1.807) is 0 Å². The lowest BCUT2D eigenvalue weighted by Gasteiger charge is -2.31. The summed E-state index contributed by atoms with van der Waals surface area (Å²) in [6.07, 6.45) is 2.33. The van der Waals surface area contributed by atoms with E-state index in [9.17, 15) is 0 Å². The molecule has 1 atom stereocenters. The Hall–Kier alpha value is -0.340. The van der Waals surface area contributed by atoms with Gasteiger partial charge in [-0.3, -0.25) is 0 Å². The second kappa shape index (κ2) is 6.55. The minimum Gasteiger partial charge on any atom is -0.314 e. The summed E-state index contributed by atoms with van der Waals surface area (Å²) < 4.78 is 1.15. The van der Waals surface area contributed by atoms with E-state index in [4.69, 9.17) is 0 Å². The molecule has 1 aromatic rings. The average Bonchev–Trinajstić information content (AvgIpc) is 2.25. The average molecular weight is 298 g/mol. The predicted molar refractivity (Wildman–Crippen MR) is 79.4 cm³/mol. The van der Waals surface area contributed by atoms with Gasteiger partial charge in [-0.05, 0) is 42.5 Å². The molecule has 0 aliphatic carbocycles. The Morgan fingerprint density at radius 2 is 1.76 bits per heavy atom. The lowest BCUT2D eigenvalue weighted by atomic mass is 9.83. The van der Waals surface area contributed by atoms with Crippen LogP contribution in [0.4, 0.5) is 0 Å². The van der Waals surface area contributed by atoms with Crippen molar-refractivity contribution in [2.45, 2.75) is 46.6 Å². The molecule has 0 amide bonds. The molecule has 0 heterocycles. The second-order valence-corrected chi connectivity index (χ2v) is 6.56. The standard InChI is InChI=1S/C15H24BrN/c1-5-17-14(15(2,3)4)11-8-12-6-9-13(16)10-7-12/h6-7,9-10,14,17H,5,8,11H2,1-4H3. The number of halogens is 1. The van der Waals surface area contributed by atoms with Gasteiger partial charge in [-0.15, -0.1) is 0 Å². The molecule has 17 heavy (non-hydrogen) atoms. The highest BCUT2D eigenvalue weighted by Gasteiger charge is 2.22. The predicted octanol–water partition coefficient (Wildman–Crippen LogP) is 4.41. The van der Waals surface area contributed by atoms with Crippen molar-refractivity contribution in [3.05, 3.63) is 34.3 Å². The van der Waals surface area contributed by atoms with Crippen molar-refractivity contribution in [2.75, 3.05) is 6.54 Å². The van der Waals surface area contributed by atoms with E-state index in [0.717, 1.165) is 17.4 Å². The van der Waals surface area contributed by atoms with Crippen LogP contribution in [0, 0.1) is 5.41 Å². The smallest absolute Gasteiger partial charge is 0.0175 e. The largest absolute Gasteiger partial charge is 0.314 e. The quantitative estimate of drug-likeness (QED) is 0.849. The van der Waals surface area contributed by atoms with Crippen molar-refractivity contribution in [3.63, 3.8) is 0 Å². The van der Waals surface area contributed by atoms with Crippen LogP contribution < -0.4 is 5.32 Å². The van der Waals surface area contributed by atoms with Gasteiger partial charge in [0.1, 0.15) is 0 Å². The molecule has 1 aromatic carbocycles. The topological polar surface area (TPSA) is 12.0 Å². The summed E-state index contributed by atoms with van der Waals surface area (Å²) >= 11 is 3.47. The van der Waals surface area contributed by atoms with Crippen molar-refractivity contribution in [3.8, 4) is 0 Å². The molecule has 0 saturated carbocycles. The number of nitrogens with one attached hydrogen (secondary N) is 1. The summed E-state index contributed by atoms with van der Waals surface area (Å²) in [7, 11) is 0. The van der Waals surface area contributed by atoms with Gasteiger partial charge < -0.3 is 5.32 Å². The minimum absolute atomic E-state index is 0.325. The fourth-order valence-corrected chi connectivity index (χ4v) is 2.31. The summed E-state index contributed by atoms with van der Waals surface area (Å²) in [4.78, 5) is 0. The summed E-state index contributed by atoms with van der Waals surface area (Å²) in [5.41, 5.74) is 1.74. The molecule has 96 valence electrons. The zero-order chi connectivity index (χ0) is 12.9. The van der Waals surface area contributed by atoms with Crippen molar-refractivity contribution >= 4 is 15.9 Å². The van der Waals surface area contributed by atoms with Crippen LogP contribution in [0.25, 0.3) is 0 Å². The summed E-state index contributed by atoms with van der Waals surface area (Å²) in [6.45, 7) is 10.1. The number of aryl methyl sites for hydroxylation is 1. The van der Waals surface area contributed by atoms with Crippen LogP contribution in [0.3, 0.4) is 0 Å². The molecular weight excluding hydrogens is 274 g/mol. The van der Waals surface area contributed by atoms with Crippen LogP contribution in [-0.2, 0) is 6.42 Å². The maximum atomic E-state index is 3.59. The van der Waals surface area contributed by atoms with E-state index in [1.807, 2.05) is 0 Å². The summed E-state index contributed by atoms with van der Waals surface area (Å²) in [5, 5.41) is 3.59. The highest BCUT2D eigenvalue weighted by atomic mass is 79.9. The van der Waals surface area contributed by atoms with Crippen LogP contribution in [0.5, 0.6) is 0 Å². The SMILES string of the molecule is CCNC(CCc1ccc(Br)cc1)C(C)(C)C. The molecule has 2 heteroatoms. The van der Waals surface area contributed by atoms with E-state index in [0.29, 0.717) is 11.5 Å². The summed E-state index contributed by atoms with van der Waals surface area (Å²) in [5.74, 6) is 0. The summed E-state index contributed by atoms with van der Waals surface area (Å²) in [6, 6.07) is 9.23. The van der Waals surface area contributed by atoms with Gasteiger partial charge in [0.05, 0.1) is 0 Å². The molecule has 1 rings (SSSR count). The van der Waals surface area contributed by atoms with Gasteiger partial charge in [0, 0.05) is 10.5 Å². The molecule has 0 spiro atoms. The van der Waals surface area contributed by atoms with Crippen LogP contribution in [0.1, 0.15) is 39.7 Å². The van der Waals surface area contributed by atoms with Crippen LogP contribution in [0.2, 0.25) is 0 Å². The first-order chi connectivity index (χ1) is 7.93. The first-order valence-electron chi connectivity index (χ1n) is 6.41. The van der Waals surface area contributed by atoms with Gasteiger partial charge in [-0.1, -0.05) is 55.8 Å². The van der Waals surface area contributed by atoms with E-state index >= 15 is 0 Å². The Morgan fingerprint density at radius 3 is 2.24 bits per heavy atom. The fraction of sp³-hybridized carbons (Fsp3) is 0.600. The molecule has 0 bridgehead atoms. The molecule has 1 unspecified atom stereocenters. The van der Waals surface area contributed by atoms with Gasteiger partial charge in [0.15, 0.2) is 0 Å². The molecule has 0 aliphatic heterocycles. The third kappa shape index (κ3) is 5.22. The fourth-order valence-electron chi connectivity index (χ4n) is 2.05. The Labute approximate surface area is 114 Å². The van der Waals surface area contributed by atoms with E-state index < -0.39 is 0 Å². The van der Waals surface area contributed by atoms with Crippen molar-refractivity contribution < 1.29 is 0 Å². The maximum absolute atomic E-state index is 3.59. The number of hydrogen-bond donors (Lipinski definition) is 1. The monoisotopic (exact) mass is 297 g/mol. The number of rotatable bonds is 5. The zero-order valence-electron chi connectivity index (χ0n) is 11.4. The molecular formula is C15H24BrN. The van der Waals surface area contributed by atoms with Crippen molar-refractivity contribution in [2.24, 2.45) is 5.41 Å². The van der Waals surface area contributed by atoms with Crippen LogP contribution >= 0.6 is 15.9 Å². The van der Waals surface area contributed by atoms with Gasteiger partial charge in [-0.2, -0.15) is 0 Å². The van der Waals surface area contributed by atoms with E-state index in [2.05, 4.69) is 73.2 Å². The molecule has 0 aromatic heterocycles. The highest BCUT2D eigenvalue weighted by Crippen LogP contribution is 2.23. The third-order valence-electron chi connectivity index (χ3n) is 3.13. The first kappa shape index (κ1) is 14.7. The van der Waals surface area contributed by atoms with Crippen molar-refractivity contribution in [1.29, 1.82) is 0 Å². The molecule has 0 aliphatic rings. The molecule has 1 N–H and O–H groups in total. The van der Waals surface area contributed by atoms with Crippen LogP contribution in [0.15, 0.2) is 28.7 Å². The molecule has 0 saturated heterocycles. The maximum Gasteiger partial charge on any atom is 0.0175 e.